The van der Waals surface area contributed by atoms with Crippen LogP contribution in [0.25, 0.3) is 11.6 Å². The number of benzene rings is 2. The fourth-order valence-corrected chi connectivity index (χ4v) is 4.29. The molecule has 3 heterocycles. The topological polar surface area (TPSA) is 121 Å². The summed E-state index contributed by atoms with van der Waals surface area (Å²) in [4.78, 5) is 20.1. The Morgan fingerprint density at radius 2 is 1.95 bits per heavy atom. The minimum atomic E-state index is -4.89. The molecule has 0 radical (unpaired) electrons. The van der Waals surface area contributed by atoms with Crippen LogP contribution in [0.5, 0.6) is 0 Å². The highest BCUT2D eigenvalue weighted by molar-refractivity contribution is 6.31. The molecular formula is C22H15ClF5N7O2. The second-order valence-electron chi connectivity index (χ2n) is 8.08. The quantitative estimate of drug-likeness (QED) is 0.292. The van der Waals surface area contributed by atoms with E-state index >= 15 is 0 Å². The lowest BCUT2D eigenvalue weighted by molar-refractivity contribution is -0.137. The van der Waals surface area contributed by atoms with E-state index < -0.39 is 47.1 Å². The lowest BCUT2D eigenvalue weighted by Crippen LogP contribution is -2.43. The summed E-state index contributed by atoms with van der Waals surface area (Å²) in [5.41, 5.74) is -1.59. The number of imidazole rings is 1. The van der Waals surface area contributed by atoms with Crippen LogP contribution < -0.4 is 10.6 Å². The van der Waals surface area contributed by atoms with Crippen molar-refractivity contribution in [2.75, 3.05) is 5.32 Å². The number of carbonyl (C=O) groups is 1. The molecule has 5 rings (SSSR count). The molecule has 1 amide bonds. The molecule has 0 bridgehead atoms. The van der Waals surface area contributed by atoms with E-state index in [0.29, 0.717) is 12.1 Å². The zero-order valence-corrected chi connectivity index (χ0v) is 19.1. The lowest BCUT2D eigenvalue weighted by atomic mass is 10.0. The van der Waals surface area contributed by atoms with Crippen molar-refractivity contribution in [3.63, 3.8) is 0 Å². The molecule has 192 valence electrons. The molecule has 4 aromatic rings. The second kappa shape index (κ2) is 9.21. The Labute approximate surface area is 209 Å². The number of anilines is 1. The van der Waals surface area contributed by atoms with Gasteiger partial charge < -0.3 is 20.0 Å². The SMILES string of the molecule is O=C(Nc1nc(-c2nnc[nH]2)n2c1[C@H](c1cc(F)ccc1Cl)NC(O)C2)c1cc(F)cc(C(F)(F)F)c1. The average molecular weight is 540 g/mol. The number of aromatic amines is 1. The first-order chi connectivity index (χ1) is 17.5. The number of nitrogens with zero attached hydrogens (tertiary/aromatic N) is 4. The number of rotatable bonds is 4. The summed E-state index contributed by atoms with van der Waals surface area (Å²) in [6.07, 6.45) is -4.79. The van der Waals surface area contributed by atoms with Crippen LogP contribution in [-0.4, -0.2) is 42.0 Å². The summed E-state index contributed by atoms with van der Waals surface area (Å²) < 4.78 is 69.0. The van der Waals surface area contributed by atoms with Crippen molar-refractivity contribution < 1.29 is 31.9 Å². The van der Waals surface area contributed by atoms with E-state index in [9.17, 15) is 31.9 Å². The van der Waals surface area contributed by atoms with E-state index in [1.165, 1.54) is 17.0 Å². The maximum atomic E-state index is 14.1. The second-order valence-corrected chi connectivity index (χ2v) is 8.49. The Hall–Kier alpha value is -3.88. The minimum absolute atomic E-state index is 0.101. The molecule has 4 N–H and O–H groups in total. The standard InChI is InChI=1S/C22H15ClF5N7O2/c23-14-2-1-11(24)6-13(14)16-17-18(32-20(19-29-8-30-34-19)35(17)7-15(36)31-16)33-21(37)9-3-10(22(26,27)28)5-12(25)4-9/h1-6,8,15-16,31,36H,7H2,(H,33,37)(H,29,30,34)/t15?,16-/m0/s1. The Bertz CT molecular complexity index is 1490. The van der Waals surface area contributed by atoms with Gasteiger partial charge in [-0.25, -0.2) is 13.8 Å². The molecule has 0 fully saturated rings. The molecule has 2 aromatic heterocycles. The van der Waals surface area contributed by atoms with Crippen molar-refractivity contribution in [3.8, 4) is 11.6 Å². The van der Waals surface area contributed by atoms with Gasteiger partial charge in [0.2, 0.25) is 0 Å². The fourth-order valence-electron chi connectivity index (χ4n) is 4.06. The molecule has 0 saturated carbocycles. The zero-order valence-electron chi connectivity index (χ0n) is 18.3. The van der Waals surface area contributed by atoms with Crippen molar-refractivity contribution in [2.45, 2.75) is 25.0 Å². The molecule has 37 heavy (non-hydrogen) atoms. The van der Waals surface area contributed by atoms with Crippen molar-refractivity contribution in [1.29, 1.82) is 0 Å². The number of alkyl halides is 3. The number of aromatic nitrogens is 5. The molecule has 0 saturated heterocycles. The molecule has 0 aliphatic carbocycles. The first-order valence-corrected chi connectivity index (χ1v) is 10.9. The van der Waals surface area contributed by atoms with Gasteiger partial charge in [0, 0.05) is 10.6 Å². The highest BCUT2D eigenvalue weighted by Gasteiger charge is 2.36. The van der Waals surface area contributed by atoms with Crippen LogP contribution in [0.1, 0.15) is 33.2 Å². The summed E-state index contributed by atoms with van der Waals surface area (Å²) in [7, 11) is 0. The molecule has 1 unspecified atom stereocenters. The first kappa shape index (κ1) is 24.8. The van der Waals surface area contributed by atoms with Crippen LogP contribution in [0, 0.1) is 11.6 Å². The lowest BCUT2D eigenvalue weighted by Gasteiger charge is -2.31. The number of nitrogens with one attached hydrogen (secondary N) is 3. The molecule has 0 spiro atoms. The number of hydrogen-bond acceptors (Lipinski definition) is 6. The van der Waals surface area contributed by atoms with Gasteiger partial charge >= 0.3 is 6.18 Å². The first-order valence-electron chi connectivity index (χ1n) is 10.6. The maximum absolute atomic E-state index is 14.1. The Balaban J connectivity index is 1.64. The van der Waals surface area contributed by atoms with E-state index in [-0.39, 0.29) is 46.4 Å². The van der Waals surface area contributed by atoms with Gasteiger partial charge in [-0.3, -0.25) is 10.1 Å². The number of aliphatic hydroxyl groups excluding tert-OH is 1. The predicted molar refractivity (Wildman–Crippen MR) is 119 cm³/mol. The van der Waals surface area contributed by atoms with Crippen molar-refractivity contribution >= 4 is 23.3 Å². The Morgan fingerprint density at radius 3 is 2.65 bits per heavy atom. The third-order valence-electron chi connectivity index (χ3n) is 5.61. The number of halogens is 6. The summed E-state index contributed by atoms with van der Waals surface area (Å²) in [5, 5.41) is 23.4. The molecular weight excluding hydrogens is 525 g/mol. The van der Waals surface area contributed by atoms with Gasteiger partial charge in [-0.15, -0.1) is 10.2 Å². The summed E-state index contributed by atoms with van der Waals surface area (Å²) in [6, 6.07) is 3.95. The monoisotopic (exact) mass is 539 g/mol. The van der Waals surface area contributed by atoms with Gasteiger partial charge in [-0.1, -0.05) is 11.6 Å². The van der Waals surface area contributed by atoms with Gasteiger partial charge in [0.05, 0.1) is 23.8 Å². The van der Waals surface area contributed by atoms with Gasteiger partial charge in [0.25, 0.3) is 5.91 Å². The zero-order chi connectivity index (χ0) is 26.5. The van der Waals surface area contributed by atoms with Crippen molar-refractivity contribution in [1.82, 2.24) is 30.0 Å². The summed E-state index contributed by atoms with van der Waals surface area (Å²) in [6.45, 7) is -0.101. The molecule has 15 heteroatoms. The third kappa shape index (κ3) is 4.77. The van der Waals surface area contributed by atoms with E-state index in [1.807, 2.05) is 0 Å². The van der Waals surface area contributed by atoms with E-state index in [0.717, 1.165) is 12.1 Å². The smallest absolute Gasteiger partial charge is 0.377 e. The van der Waals surface area contributed by atoms with Gasteiger partial charge in [0.15, 0.2) is 17.5 Å². The largest absolute Gasteiger partial charge is 0.416 e. The average Bonchev–Trinajstić information content (AvgIpc) is 3.47. The van der Waals surface area contributed by atoms with Crippen LogP contribution in [0.4, 0.5) is 27.8 Å². The molecule has 9 nitrogen and oxygen atoms in total. The van der Waals surface area contributed by atoms with E-state index in [4.69, 9.17) is 11.6 Å². The normalized spacial score (nSPS) is 17.5. The van der Waals surface area contributed by atoms with E-state index in [1.54, 1.807) is 0 Å². The summed E-state index contributed by atoms with van der Waals surface area (Å²) in [5.74, 6) is -2.90. The molecule has 1 aliphatic rings. The van der Waals surface area contributed by atoms with Crippen LogP contribution in [0.15, 0.2) is 42.7 Å². The highest BCUT2D eigenvalue weighted by Crippen LogP contribution is 2.38. The van der Waals surface area contributed by atoms with Crippen LogP contribution >= 0.6 is 11.6 Å². The van der Waals surface area contributed by atoms with E-state index in [2.05, 4.69) is 30.8 Å². The number of hydrogen-bond donors (Lipinski definition) is 4. The fraction of sp³-hybridized carbons (Fsp3) is 0.182. The third-order valence-corrected chi connectivity index (χ3v) is 5.96. The minimum Gasteiger partial charge on any atom is -0.377 e. The number of amides is 1. The maximum Gasteiger partial charge on any atom is 0.416 e. The van der Waals surface area contributed by atoms with Crippen LogP contribution in [0.3, 0.4) is 0 Å². The number of H-pyrrole nitrogens is 1. The number of aliphatic hydroxyl groups is 1. The molecule has 1 aliphatic heterocycles. The molecule has 2 aromatic carbocycles. The van der Waals surface area contributed by atoms with Gasteiger partial charge in [0.1, 0.15) is 24.2 Å². The Kier molecular flexibility index (Phi) is 6.17. The van der Waals surface area contributed by atoms with Crippen LogP contribution in [-0.2, 0) is 12.7 Å². The number of carbonyl (C=O) groups excluding carboxylic acids is 1. The number of fused-ring (bicyclic) bond motifs is 1. The van der Waals surface area contributed by atoms with Gasteiger partial charge in [-0.2, -0.15) is 13.2 Å². The summed E-state index contributed by atoms with van der Waals surface area (Å²) >= 11 is 6.30. The van der Waals surface area contributed by atoms with Crippen molar-refractivity contribution in [2.24, 2.45) is 0 Å². The molecule has 2 atom stereocenters. The predicted octanol–water partition coefficient (Wildman–Crippen LogP) is 3.88. The highest BCUT2D eigenvalue weighted by atomic mass is 35.5. The van der Waals surface area contributed by atoms with Gasteiger partial charge in [-0.05, 0) is 42.0 Å². The Morgan fingerprint density at radius 1 is 1.16 bits per heavy atom. The van der Waals surface area contributed by atoms with Crippen LogP contribution in [0.2, 0.25) is 5.02 Å². The van der Waals surface area contributed by atoms with Crippen molar-refractivity contribution in [3.05, 3.63) is 81.8 Å².